The van der Waals surface area contributed by atoms with Gasteiger partial charge in [0.15, 0.2) is 0 Å². The Labute approximate surface area is 130 Å². The molecule has 0 fully saturated rings. The molecule has 4 heteroatoms. The molecule has 0 heterocycles. The number of nitroso groups, excluding NO2 is 1. The highest BCUT2D eigenvalue weighted by Gasteiger charge is 2.15. The fourth-order valence-electron chi connectivity index (χ4n) is 2.17. The van der Waals surface area contributed by atoms with Crippen LogP contribution in [0.2, 0.25) is 0 Å². The molecule has 0 saturated heterocycles. The highest BCUT2D eigenvalue weighted by atomic mass is 16.5. The number of aliphatic hydroxyl groups excluding tert-OH is 1. The normalized spacial score (nSPS) is 12.7. The highest BCUT2D eigenvalue weighted by molar-refractivity contribution is 5.46. The lowest BCUT2D eigenvalue weighted by molar-refractivity contribution is 0.108. The van der Waals surface area contributed by atoms with E-state index in [2.05, 4.69) is 25.9 Å². The predicted molar refractivity (Wildman–Crippen MR) is 87.5 cm³/mol. The van der Waals surface area contributed by atoms with Gasteiger partial charge < -0.3 is 9.84 Å². The van der Waals surface area contributed by atoms with E-state index in [-0.39, 0.29) is 17.7 Å². The predicted octanol–water partition coefficient (Wildman–Crippen LogP) is 4.49. The lowest BCUT2D eigenvalue weighted by Gasteiger charge is -2.19. The van der Waals surface area contributed by atoms with Gasteiger partial charge in [-0.15, -0.1) is 4.91 Å². The van der Waals surface area contributed by atoms with Crippen molar-refractivity contribution >= 4 is 5.69 Å². The third kappa shape index (κ3) is 3.92. The molecule has 0 saturated carbocycles. The van der Waals surface area contributed by atoms with Crippen molar-refractivity contribution in [3.63, 3.8) is 0 Å². The minimum atomic E-state index is -0.892. The van der Waals surface area contributed by atoms with Crippen molar-refractivity contribution in [3.8, 4) is 5.75 Å². The summed E-state index contributed by atoms with van der Waals surface area (Å²) in [5, 5.41) is 13.1. The van der Waals surface area contributed by atoms with E-state index in [0.717, 1.165) is 0 Å². The van der Waals surface area contributed by atoms with Crippen molar-refractivity contribution in [2.24, 2.45) is 5.18 Å². The van der Waals surface area contributed by atoms with Crippen LogP contribution in [-0.2, 0) is 5.41 Å². The second-order valence-electron chi connectivity index (χ2n) is 6.25. The molecule has 22 heavy (non-hydrogen) atoms. The molecule has 0 aliphatic heterocycles. The Kier molecular flexibility index (Phi) is 4.93. The lowest BCUT2D eigenvalue weighted by atomic mass is 9.87. The Hall–Kier alpha value is -2.20. The fraction of sp³-hybridized carbons (Fsp3) is 0.333. The van der Waals surface area contributed by atoms with Crippen molar-refractivity contribution in [3.05, 3.63) is 64.6 Å². The van der Waals surface area contributed by atoms with Crippen LogP contribution in [0.1, 0.15) is 38.0 Å². The van der Waals surface area contributed by atoms with E-state index in [4.69, 9.17) is 4.74 Å². The van der Waals surface area contributed by atoms with Crippen LogP contribution in [0.15, 0.2) is 53.7 Å². The van der Waals surface area contributed by atoms with Gasteiger partial charge in [-0.05, 0) is 34.4 Å². The summed E-state index contributed by atoms with van der Waals surface area (Å²) in [5.41, 5.74) is 2.02. The smallest absolute Gasteiger partial charge is 0.119 e. The van der Waals surface area contributed by atoms with Crippen molar-refractivity contribution in [1.82, 2.24) is 0 Å². The molecular weight excluding hydrogens is 278 g/mol. The first-order chi connectivity index (χ1) is 10.4. The molecule has 2 aromatic carbocycles. The Balaban J connectivity index is 2.02. The molecule has 1 atom stereocenters. The van der Waals surface area contributed by atoms with Gasteiger partial charge in [-0.1, -0.05) is 51.1 Å². The number of aliphatic hydroxyl groups is 1. The van der Waals surface area contributed by atoms with Crippen LogP contribution >= 0.6 is 0 Å². The molecule has 1 N–H and O–H groups in total. The SMILES string of the molecule is CC(C)(C)c1ccc(OCC(O)c2ccccc2N=O)cc1. The average Bonchev–Trinajstić information content (AvgIpc) is 2.52. The van der Waals surface area contributed by atoms with E-state index in [1.54, 1.807) is 24.3 Å². The van der Waals surface area contributed by atoms with Crippen LogP contribution in [0, 0.1) is 4.91 Å². The summed E-state index contributed by atoms with van der Waals surface area (Å²) < 4.78 is 5.60. The molecule has 0 aliphatic carbocycles. The summed E-state index contributed by atoms with van der Waals surface area (Å²) in [6, 6.07) is 14.5. The largest absolute Gasteiger partial charge is 0.491 e. The summed E-state index contributed by atoms with van der Waals surface area (Å²) in [4.78, 5) is 10.7. The molecule has 1 unspecified atom stereocenters. The number of hydrogen-bond donors (Lipinski definition) is 1. The van der Waals surface area contributed by atoms with Gasteiger partial charge in [0, 0.05) is 5.56 Å². The molecule has 0 aromatic heterocycles. The summed E-state index contributed by atoms with van der Waals surface area (Å²) >= 11 is 0. The maximum Gasteiger partial charge on any atom is 0.119 e. The summed E-state index contributed by atoms with van der Waals surface area (Å²) in [7, 11) is 0. The Morgan fingerprint density at radius 3 is 2.32 bits per heavy atom. The maximum absolute atomic E-state index is 10.7. The third-order valence-corrected chi connectivity index (χ3v) is 3.52. The molecule has 116 valence electrons. The Bertz CT molecular complexity index is 630. The van der Waals surface area contributed by atoms with Crippen LogP contribution in [0.3, 0.4) is 0 Å². The minimum Gasteiger partial charge on any atom is -0.491 e. The van der Waals surface area contributed by atoms with Gasteiger partial charge in [-0.25, -0.2) is 0 Å². The molecule has 0 bridgehead atoms. The molecule has 0 amide bonds. The van der Waals surface area contributed by atoms with Gasteiger partial charge in [-0.3, -0.25) is 0 Å². The van der Waals surface area contributed by atoms with Crippen molar-refractivity contribution in [2.45, 2.75) is 32.3 Å². The number of rotatable bonds is 5. The van der Waals surface area contributed by atoms with Gasteiger partial charge in [0.2, 0.25) is 0 Å². The summed E-state index contributed by atoms with van der Waals surface area (Å²) in [6.45, 7) is 6.52. The van der Waals surface area contributed by atoms with Crippen molar-refractivity contribution < 1.29 is 9.84 Å². The first kappa shape index (κ1) is 16.2. The Morgan fingerprint density at radius 1 is 1.09 bits per heavy atom. The molecule has 2 aromatic rings. The number of hydrogen-bond acceptors (Lipinski definition) is 4. The zero-order valence-electron chi connectivity index (χ0n) is 13.1. The summed E-state index contributed by atoms with van der Waals surface area (Å²) in [6.07, 6.45) is -0.892. The topological polar surface area (TPSA) is 58.9 Å². The Morgan fingerprint density at radius 2 is 1.73 bits per heavy atom. The van der Waals surface area contributed by atoms with E-state index < -0.39 is 6.10 Å². The van der Waals surface area contributed by atoms with Crippen LogP contribution in [0.4, 0.5) is 5.69 Å². The quantitative estimate of drug-likeness (QED) is 0.827. The van der Waals surface area contributed by atoms with Gasteiger partial charge >= 0.3 is 0 Å². The van der Waals surface area contributed by atoms with E-state index in [0.29, 0.717) is 11.3 Å². The highest BCUT2D eigenvalue weighted by Crippen LogP contribution is 2.27. The second kappa shape index (κ2) is 6.71. The first-order valence-electron chi connectivity index (χ1n) is 7.25. The van der Waals surface area contributed by atoms with Gasteiger partial charge in [-0.2, -0.15) is 0 Å². The summed E-state index contributed by atoms with van der Waals surface area (Å²) in [5.74, 6) is 0.684. The molecule has 2 rings (SSSR count). The second-order valence-corrected chi connectivity index (χ2v) is 6.25. The standard InChI is InChI=1S/C18H21NO3/c1-18(2,3)13-8-10-14(11-9-13)22-12-17(20)15-6-4-5-7-16(15)19-21/h4-11,17,20H,12H2,1-3H3. The van der Waals surface area contributed by atoms with Crippen LogP contribution in [-0.4, -0.2) is 11.7 Å². The zero-order valence-corrected chi connectivity index (χ0v) is 13.1. The van der Waals surface area contributed by atoms with E-state index in [1.807, 2.05) is 24.3 Å². The number of ether oxygens (including phenoxy) is 1. The monoisotopic (exact) mass is 299 g/mol. The number of benzene rings is 2. The lowest BCUT2D eigenvalue weighted by Crippen LogP contribution is -2.12. The maximum atomic E-state index is 10.7. The number of nitrogens with zero attached hydrogens (tertiary/aromatic N) is 1. The molecule has 0 aliphatic rings. The van der Waals surface area contributed by atoms with Gasteiger partial charge in [0.05, 0.1) is 0 Å². The van der Waals surface area contributed by atoms with Gasteiger partial charge in [0.25, 0.3) is 0 Å². The average molecular weight is 299 g/mol. The zero-order chi connectivity index (χ0) is 16.2. The van der Waals surface area contributed by atoms with E-state index in [9.17, 15) is 10.0 Å². The molecule has 0 spiro atoms. The van der Waals surface area contributed by atoms with E-state index in [1.165, 1.54) is 5.56 Å². The van der Waals surface area contributed by atoms with E-state index >= 15 is 0 Å². The first-order valence-corrected chi connectivity index (χ1v) is 7.25. The van der Waals surface area contributed by atoms with Crippen LogP contribution < -0.4 is 4.74 Å². The fourth-order valence-corrected chi connectivity index (χ4v) is 2.17. The van der Waals surface area contributed by atoms with Crippen LogP contribution in [0.25, 0.3) is 0 Å². The third-order valence-electron chi connectivity index (χ3n) is 3.52. The molecule has 0 radical (unpaired) electrons. The molecular formula is C18H21NO3. The van der Waals surface area contributed by atoms with Gasteiger partial charge in [0.1, 0.15) is 24.1 Å². The van der Waals surface area contributed by atoms with Crippen LogP contribution in [0.5, 0.6) is 5.75 Å². The van der Waals surface area contributed by atoms with Crippen molar-refractivity contribution in [1.29, 1.82) is 0 Å². The minimum absolute atomic E-state index is 0.0708. The van der Waals surface area contributed by atoms with Crippen molar-refractivity contribution in [2.75, 3.05) is 6.61 Å². The molecule has 4 nitrogen and oxygen atoms in total.